The highest BCUT2D eigenvalue weighted by Gasteiger charge is 2.32. The molecule has 0 saturated carbocycles. The summed E-state index contributed by atoms with van der Waals surface area (Å²) in [4.78, 5) is 36.6. The molecule has 9 heteroatoms. The fourth-order valence-electron chi connectivity index (χ4n) is 2.32. The number of nitrogens with one attached hydrogen (secondary N) is 2. The van der Waals surface area contributed by atoms with Crippen molar-refractivity contribution in [1.29, 1.82) is 0 Å². The van der Waals surface area contributed by atoms with E-state index in [-0.39, 0.29) is 18.0 Å². The molecule has 0 aliphatic carbocycles. The minimum Gasteiger partial charge on any atom is -0.467 e. The summed E-state index contributed by atoms with van der Waals surface area (Å²) in [6, 6.07) is 7.07. The van der Waals surface area contributed by atoms with Gasteiger partial charge in [0.25, 0.3) is 0 Å². The molecule has 0 saturated heterocycles. The summed E-state index contributed by atoms with van der Waals surface area (Å²) in [6.07, 6.45) is -0.562. The Balaban J connectivity index is 2.97. The fraction of sp³-hybridized carbons (Fsp3) is 0.500. The fourth-order valence-corrected chi connectivity index (χ4v) is 2.62. The Morgan fingerprint density at radius 2 is 1.69 bits per heavy atom. The number of ether oxygens (including phenoxy) is 3. The van der Waals surface area contributed by atoms with Crippen LogP contribution >= 0.6 is 12.2 Å². The van der Waals surface area contributed by atoms with Crippen molar-refractivity contribution in [3.63, 3.8) is 0 Å². The molecule has 1 amide bonds. The molecule has 0 fully saturated rings. The van der Waals surface area contributed by atoms with Gasteiger partial charge in [0, 0.05) is 6.42 Å². The van der Waals surface area contributed by atoms with Crippen molar-refractivity contribution < 1.29 is 28.6 Å². The Morgan fingerprint density at radius 3 is 2.21 bits per heavy atom. The third-order valence-electron chi connectivity index (χ3n) is 3.53. The lowest BCUT2D eigenvalue weighted by atomic mass is 10.1. The molecule has 0 aromatic heterocycles. The van der Waals surface area contributed by atoms with Gasteiger partial charge in [-0.15, -0.1) is 0 Å². The van der Waals surface area contributed by atoms with Crippen LogP contribution in [0.2, 0.25) is 0 Å². The number of thiocarbonyl (C=S) groups is 1. The van der Waals surface area contributed by atoms with Crippen molar-refractivity contribution in [2.45, 2.75) is 51.8 Å². The normalized spacial score (nSPS) is 12.9. The van der Waals surface area contributed by atoms with Gasteiger partial charge in [-0.3, -0.25) is 0 Å². The van der Waals surface area contributed by atoms with Gasteiger partial charge in [0.15, 0.2) is 6.04 Å². The summed E-state index contributed by atoms with van der Waals surface area (Å²) < 4.78 is 15.0. The first-order chi connectivity index (χ1) is 13.6. The van der Waals surface area contributed by atoms with E-state index in [0.29, 0.717) is 0 Å². The molecule has 0 aliphatic heterocycles. The first-order valence-electron chi connectivity index (χ1n) is 9.15. The van der Waals surface area contributed by atoms with Gasteiger partial charge < -0.3 is 24.8 Å². The van der Waals surface area contributed by atoms with Crippen molar-refractivity contribution in [2.75, 3.05) is 13.7 Å². The molecular weight excluding hydrogens is 396 g/mol. The van der Waals surface area contributed by atoms with Gasteiger partial charge in [0.1, 0.15) is 16.6 Å². The second-order valence-corrected chi connectivity index (χ2v) is 7.55. The third kappa shape index (κ3) is 8.91. The van der Waals surface area contributed by atoms with Crippen molar-refractivity contribution in [3.05, 3.63) is 35.9 Å². The number of esters is 2. The number of methoxy groups -OCH3 is 1. The Labute approximate surface area is 176 Å². The summed E-state index contributed by atoms with van der Waals surface area (Å²) in [5.41, 5.74) is 0.103. The lowest BCUT2D eigenvalue weighted by Crippen LogP contribution is -2.55. The summed E-state index contributed by atoms with van der Waals surface area (Å²) in [5, 5.41) is 5.20. The highest BCUT2D eigenvalue weighted by atomic mass is 32.1. The molecule has 0 heterocycles. The van der Waals surface area contributed by atoms with Crippen LogP contribution in [0, 0.1) is 0 Å². The summed E-state index contributed by atoms with van der Waals surface area (Å²) in [6.45, 7) is 6.80. The van der Waals surface area contributed by atoms with Crippen LogP contribution in [-0.4, -0.2) is 54.4 Å². The van der Waals surface area contributed by atoms with Crippen LogP contribution in [-0.2, 0) is 30.2 Å². The number of hydrogen-bond acceptors (Lipinski definition) is 7. The summed E-state index contributed by atoms with van der Waals surface area (Å²) in [7, 11) is 1.26. The highest BCUT2D eigenvalue weighted by molar-refractivity contribution is 7.80. The van der Waals surface area contributed by atoms with Gasteiger partial charge in [-0.2, -0.15) is 0 Å². The average Bonchev–Trinajstić information content (AvgIpc) is 2.64. The lowest BCUT2D eigenvalue weighted by molar-refractivity contribution is -0.144. The standard InChI is InChI=1S/C20H28N2O6S/c1-6-27-18(24)15(22-19(25)28-20(2,3)4)16(29)21-14(17(23)26-5)12-13-10-8-7-9-11-13/h7-11,14-15H,6,12H2,1-5H3,(H,21,29)(H,22,25)/t14-,15+/m0/s1. The Morgan fingerprint density at radius 1 is 1.07 bits per heavy atom. The van der Waals surface area contributed by atoms with Gasteiger partial charge in [-0.1, -0.05) is 42.5 Å². The number of amides is 1. The summed E-state index contributed by atoms with van der Waals surface area (Å²) >= 11 is 5.30. The maximum atomic E-state index is 12.3. The average molecular weight is 425 g/mol. The Hall–Kier alpha value is -2.68. The van der Waals surface area contributed by atoms with Crippen molar-refractivity contribution in [1.82, 2.24) is 10.6 Å². The van der Waals surface area contributed by atoms with Crippen LogP contribution in [0.25, 0.3) is 0 Å². The Bertz CT molecular complexity index is 717. The predicted molar refractivity (Wildman–Crippen MR) is 111 cm³/mol. The molecule has 1 aromatic carbocycles. The minimum atomic E-state index is -1.32. The van der Waals surface area contributed by atoms with Gasteiger partial charge in [-0.05, 0) is 33.3 Å². The molecule has 0 spiro atoms. The van der Waals surface area contributed by atoms with Crippen molar-refractivity contribution in [3.8, 4) is 0 Å². The monoisotopic (exact) mass is 424 g/mol. The van der Waals surface area contributed by atoms with E-state index in [1.165, 1.54) is 7.11 Å². The Kier molecular flexibility index (Phi) is 9.54. The molecule has 0 aliphatic rings. The molecular formula is C20H28N2O6S. The van der Waals surface area contributed by atoms with E-state index >= 15 is 0 Å². The van der Waals surface area contributed by atoms with E-state index in [1.54, 1.807) is 27.7 Å². The first-order valence-corrected chi connectivity index (χ1v) is 9.56. The number of rotatable bonds is 8. The molecule has 1 rings (SSSR count). The number of carbonyl (C=O) groups is 3. The van der Waals surface area contributed by atoms with Crippen LogP contribution in [0.4, 0.5) is 4.79 Å². The molecule has 29 heavy (non-hydrogen) atoms. The van der Waals surface area contributed by atoms with Gasteiger partial charge in [0.05, 0.1) is 13.7 Å². The first kappa shape index (κ1) is 24.4. The second-order valence-electron chi connectivity index (χ2n) is 7.11. The lowest BCUT2D eigenvalue weighted by Gasteiger charge is -2.25. The van der Waals surface area contributed by atoms with Crippen molar-refractivity contribution in [2.24, 2.45) is 0 Å². The molecule has 0 radical (unpaired) electrons. The molecule has 0 unspecified atom stereocenters. The van der Waals surface area contributed by atoms with Crippen LogP contribution in [0.1, 0.15) is 33.3 Å². The maximum absolute atomic E-state index is 12.3. The zero-order chi connectivity index (χ0) is 22.0. The number of hydrogen-bond donors (Lipinski definition) is 2. The number of alkyl carbamates (subject to hydrolysis) is 1. The molecule has 8 nitrogen and oxygen atoms in total. The molecule has 2 N–H and O–H groups in total. The van der Waals surface area contributed by atoms with E-state index in [4.69, 9.17) is 26.4 Å². The van der Waals surface area contributed by atoms with E-state index in [1.807, 2.05) is 30.3 Å². The summed E-state index contributed by atoms with van der Waals surface area (Å²) in [5.74, 6) is -1.32. The van der Waals surface area contributed by atoms with Crippen LogP contribution in [0.5, 0.6) is 0 Å². The number of benzene rings is 1. The second kappa shape index (κ2) is 11.4. The van der Waals surface area contributed by atoms with Crippen LogP contribution < -0.4 is 10.6 Å². The largest absolute Gasteiger partial charge is 0.467 e. The molecule has 0 bridgehead atoms. The van der Waals surface area contributed by atoms with E-state index in [2.05, 4.69) is 10.6 Å². The van der Waals surface area contributed by atoms with Gasteiger partial charge in [0.2, 0.25) is 0 Å². The topological polar surface area (TPSA) is 103 Å². The highest BCUT2D eigenvalue weighted by Crippen LogP contribution is 2.09. The zero-order valence-corrected chi connectivity index (χ0v) is 18.1. The quantitative estimate of drug-likeness (QED) is 0.372. The van der Waals surface area contributed by atoms with E-state index < -0.39 is 35.7 Å². The maximum Gasteiger partial charge on any atom is 0.408 e. The van der Waals surface area contributed by atoms with Crippen LogP contribution in [0.15, 0.2) is 30.3 Å². The number of carbonyl (C=O) groups excluding carboxylic acids is 3. The zero-order valence-electron chi connectivity index (χ0n) is 17.3. The van der Waals surface area contributed by atoms with E-state index in [9.17, 15) is 14.4 Å². The smallest absolute Gasteiger partial charge is 0.408 e. The molecule has 1 aromatic rings. The third-order valence-corrected chi connectivity index (χ3v) is 3.88. The van der Waals surface area contributed by atoms with E-state index in [0.717, 1.165) is 5.56 Å². The van der Waals surface area contributed by atoms with Gasteiger partial charge >= 0.3 is 18.0 Å². The molecule has 2 atom stereocenters. The SMILES string of the molecule is CCOC(=O)[C@H](NC(=O)OC(C)(C)C)C(=S)N[C@@H](Cc1ccccc1)C(=O)OC. The van der Waals surface area contributed by atoms with Crippen molar-refractivity contribution >= 4 is 35.2 Å². The van der Waals surface area contributed by atoms with Gasteiger partial charge in [-0.25, -0.2) is 14.4 Å². The predicted octanol–water partition coefficient (Wildman–Crippen LogP) is 2.14. The van der Waals surface area contributed by atoms with Crippen LogP contribution in [0.3, 0.4) is 0 Å². The minimum absolute atomic E-state index is 0.0827. The molecule has 160 valence electrons.